The Hall–Kier alpha value is -2.71. The molecule has 138 valence electrons. The topological polar surface area (TPSA) is 60.4 Å². The van der Waals surface area contributed by atoms with Gasteiger partial charge in [0.15, 0.2) is 5.78 Å². The molecule has 1 unspecified atom stereocenters. The Morgan fingerprint density at radius 1 is 1.19 bits per heavy atom. The largest absolute Gasteiger partial charge is 0.432 e. The normalized spacial score (nSPS) is 13.3. The zero-order chi connectivity index (χ0) is 19.2. The van der Waals surface area contributed by atoms with Crippen molar-refractivity contribution in [2.24, 2.45) is 5.73 Å². The summed E-state index contributed by atoms with van der Waals surface area (Å²) in [6.07, 6.45) is -3.50. The standard InChI is InChI=1S/C19H14F3N3OS/c20-19(21,22)16-9-27-18-14(24-10-25(16)18)8-15(26)17(23)13-6-5-11-3-1-2-4-12(11)7-13/h1-7,9-10,17H,8,23H2. The molecule has 1 atom stereocenters. The van der Waals surface area contributed by atoms with E-state index >= 15 is 0 Å². The monoisotopic (exact) mass is 389 g/mol. The molecule has 2 heterocycles. The van der Waals surface area contributed by atoms with Gasteiger partial charge in [-0.1, -0.05) is 36.4 Å². The second kappa shape index (κ2) is 6.47. The van der Waals surface area contributed by atoms with Crippen molar-refractivity contribution < 1.29 is 18.0 Å². The Bertz CT molecular complexity index is 1150. The maximum Gasteiger partial charge on any atom is 0.432 e. The minimum atomic E-state index is -4.47. The molecule has 27 heavy (non-hydrogen) atoms. The molecule has 0 aliphatic rings. The third kappa shape index (κ3) is 3.22. The number of rotatable bonds is 4. The maximum atomic E-state index is 13.0. The van der Waals surface area contributed by atoms with Crippen LogP contribution in [0.2, 0.25) is 0 Å². The minimum absolute atomic E-state index is 0.123. The lowest BCUT2D eigenvalue weighted by Crippen LogP contribution is -2.23. The summed E-state index contributed by atoms with van der Waals surface area (Å²) in [5, 5.41) is 3.03. The summed E-state index contributed by atoms with van der Waals surface area (Å²) >= 11 is 0.913. The number of nitrogens with zero attached hydrogens (tertiary/aromatic N) is 2. The number of ketones is 1. The van der Waals surface area contributed by atoms with Gasteiger partial charge in [-0.2, -0.15) is 13.2 Å². The molecule has 0 radical (unpaired) electrons. The van der Waals surface area contributed by atoms with Gasteiger partial charge in [-0.3, -0.25) is 9.20 Å². The molecule has 0 saturated carbocycles. The van der Waals surface area contributed by atoms with Gasteiger partial charge in [-0.15, -0.1) is 11.3 Å². The van der Waals surface area contributed by atoms with Crippen LogP contribution in [0, 0.1) is 0 Å². The first-order chi connectivity index (χ1) is 12.8. The number of carbonyl (C=O) groups excluding carboxylic acids is 1. The fourth-order valence-electron chi connectivity index (χ4n) is 3.03. The summed E-state index contributed by atoms with van der Waals surface area (Å²) in [5.41, 5.74) is 6.27. The van der Waals surface area contributed by atoms with Gasteiger partial charge < -0.3 is 5.73 Å². The lowest BCUT2D eigenvalue weighted by molar-refractivity contribution is -0.141. The van der Waals surface area contributed by atoms with E-state index in [4.69, 9.17) is 5.73 Å². The minimum Gasteiger partial charge on any atom is -0.318 e. The summed E-state index contributed by atoms with van der Waals surface area (Å²) in [7, 11) is 0. The van der Waals surface area contributed by atoms with Gasteiger partial charge in [-0.25, -0.2) is 4.98 Å². The fourth-order valence-corrected chi connectivity index (χ4v) is 4.02. The van der Waals surface area contributed by atoms with Crippen LogP contribution in [-0.2, 0) is 17.4 Å². The third-order valence-corrected chi connectivity index (χ3v) is 5.44. The maximum absolute atomic E-state index is 13.0. The number of thiazole rings is 1. The highest BCUT2D eigenvalue weighted by atomic mass is 32.1. The number of nitrogens with two attached hydrogens (primary N) is 1. The molecule has 2 N–H and O–H groups in total. The summed E-state index contributed by atoms with van der Waals surface area (Å²) < 4.78 is 39.9. The van der Waals surface area contributed by atoms with Crippen molar-refractivity contribution in [2.75, 3.05) is 0 Å². The quantitative estimate of drug-likeness (QED) is 0.564. The molecule has 0 aliphatic heterocycles. The van der Waals surface area contributed by atoms with Crippen molar-refractivity contribution in [3.63, 3.8) is 0 Å². The summed E-state index contributed by atoms with van der Waals surface area (Å²) in [5.74, 6) is -0.298. The molecule has 0 bridgehead atoms. The molecule has 4 rings (SSSR count). The molecule has 2 aromatic heterocycles. The zero-order valence-corrected chi connectivity index (χ0v) is 14.7. The van der Waals surface area contributed by atoms with E-state index in [0.717, 1.165) is 38.2 Å². The molecular formula is C19H14F3N3OS. The molecular weight excluding hydrogens is 375 g/mol. The molecule has 0 spiro atoms. The van der Waals surface area contributed by atoms with Crippen LogP contribution in [0.15, 0.2) is 54.2 Å². The van der Waals surface area contributed by atoms with E-state index in [1.165, 1.54) is 0 Å². The van der Waals surface area contributed by atoms with E-state index in [1.54, 1.807) is 6.07 Å². The number of alkyl halides is 3. The summed E-state index contributed by atoms with van der Waals surface area (Å²) in [6.45, 7) is 0. The molecule has 8 heteroatoms. The first-order valence-corrected chi connectivity index (χ1v) is 9.00. The molecule has 2 aromatic carbocycles. The van der Waals surface area contributed by atoms with Crippen LogP contribution in [-0.4, -0.2) is 15.2 Å². The van der Waals surface area contributed by atoms with Gasteiger partial charge >= 0.3 is 6.18 Å². The van der Waals surface area contributed by atoms with Crippen molar-refractivity contribution >= 4 is 32.7 Å². The molecule has 0 aliphatic carbocycles. The van der Waals surface area contributed by atoms with Crippen LogP contribution in [0.4, 0.5) is 13.2 Å². The Labute approximate surface area is 156 Å². The Kier molecular flexibility index (Phi) is 4.24. The lowest BCUT2D eigenvalue weighted by Gasteiger charge is -2.11. The average Bonchev–Trinajstić information content (AvgIpc) is 3.23. The molecule has 4 nitrogen and oxygen atoms in total. The van der Waals surface area contributed by atoms with Crippen LogP contribution in [0.3, 0.4) is 0 Å². The molecule has 0 saturated heterocycles. The van der Waals surface area contributed by atoms with Gasteiger partial charge in [0.25, 0.3) is 0 Å². The third-order valence-electron chi connectivity index (χ3n) is 4.45. The fraction of sp³-hybridized carbons (Fsp3) is 0.158. The van der Waals surface area contributed by atoms with Crippen LogP contribution in [0.25, 0.3) is 15.6 Å². The van der Waals surface area contributed by atoms with Crippen LogP contribution in [0.5, 0.6) is 0 Å². The van der Waals surface area contributed by atoms with Gasteiger partial charge in [-0.05, 0) is 22.4 Å². The van der Waals surface area contributed by atoms with Gasteiger partial charge in [0.2, 0.25) is 0 Å². The molecule has 0 amide bonds. The summed E-state index contributed by atoms with van der Waals surface area (Å²) in [6, 6.07) is 12.4. The summed E-state index contributed by atoms with van der Waals surface area (Å²) in [4.78, 5) is 16.9. The van der Waals surface area contributed by atoms with Crippen molar-refractivity contribution in [2.45, 2.75) is 18.6 Å². The number of hydrogen-bond acceptors (Lipinski definition) is 4. The van der Waals surface area contributed by atoms with E-state index < -0.39 is 17.9 Å². The van der Waals surface area contributed by atoms with Crippen LogP contribution >= 0.6 is 11.3 Å². The van der Waals surface area contributed by atoms with Crippen molar-refractivity contribution in [3.05, 3.63) is 71.1 Å². The van der Waals surface area contributed by atoms with E-state index in [1.807, 2.05) is 36.4 Å². The highest BCUT2D eigenvalue weighted by molar-refractivity contribution is 7.15. The molecule has 0 fully saturated rings. The second-order valence-corrected chi connectivity index (χ2v) is 7.07. The Morgan fingerprint density at radius 2 is 1.93 bits per heavy atom. The first-order valence-electron chi connectivity index (χ1n) is 8.12. The van der Waals surface area contributed by atoms with Crippen LogP contribution < -0.4 is 5.73 Å². The van der Waals surface area contributed by atoms with E-state index in [-0.39, 0.29) is 12.2 Å². The average molecular weight is 389 g/mol. The SMILES string of the molecule is NC(C(=O)Cc1ncn2c(C(F)(F)F)csc12)c1ccc2ccccc2c1. The van der Waals surface area contributed by atoms with Gasteiger partial charge in [0, 0.05) is 5.38 Å². The van der Waals surface area contributed by atoms with Crippen LogP contribution in [0.1, 0.15) is 23.0 Å². The smallest absolute Gasteiger partial charge is 0.318 e. The van der Waals surface area contributed by atoms with Crippen molar-refractivity contribution in [3.8, 4) is 0 Å². The number of imidazole rings is 1. The molecule has 4 aromatic rings. The van der Waals surface area contributed by atoms with E-state index in [2.05, 4.69) is 4.98 Å². The predicted molar refractivity (Wildman–Crippen MR) is 97.7 cm³/mol. The first kappa shape index (κ1) is 17.7. The van der Waals surface area contributed by atoms with Gasteiger partial charge in [0.05, 0.1) is 18.2 Å². The Balaban J connectivity index is 1.59. The number of aromatic nitrogens is 2. The predicted octanol–water partition coefficient (Wildman–Crippen LogP) is 4.38. The second-order valence-electron chi connectivity index (χ2n) is 6.21. The van der Waals surface area contributed by atoms with E-state index in [0.29, 0.717) is 16.1 Å². The number of fused-ring (bicyclic) bond motifs is 2. The highest BCUT2D eigenvalue weighted by Gasteiger charge is 2.35. The Morgan fingerprint density at radius 3 is 2.67 bits per heavy atom. The van der Waals surface area contributed by atoms with E-state index in [9.17, 15) is 18.0 Å². The zero-order valence-electron chi connectivity index (χ0n) is 13.9. The highest BCUT2D eigenvalue weighted by Crippen LogP contribution is 2.34. The number of halogens is 3. The lowest BCUT2D eigenvalue weighted by atomic mass is 9.98. The number of carbonyl (C=O) groups is 1. The van der Waals surface area contributed by atoms with Crippen molar-refractivity contribution in [1.29, 1.82) is 0 Å². The number of Topliss-reactive ketones (excluding diaryl/α,β-unsaturated/α-hetero) is 1. The number of benzene rings is 2. The van der Waals surface area contributed by atoms with Crippen molar-refractivity contribution in [1.82, 2.24) is 9.38 Å². The number of hydrogen-bond donors (Lipinski definition) is 1. The van der Waals surface area contributed by atoms with Gasteiger partial charge in [0.1, 0.15) is 16.9 Å².